The maximum atomic E-state index is 9.94. The second kappa shape index (κ2) is 10.2. The average molecular weight is 166 g/mol. The van der Waals surface area contributed by atoms with Crippen LogP contribution in [0.4, 0.5) is 0 Å². The lowest BCUT2D eigenvalue weighted by atomic mass is 10.2. The van der Waals surface area contributed by atoms with E-state index in [9.17, 15) is 4.79 Å². The fraction of sp³-hybridized carbons (Fsp3) is 0.545. The zero-order chi connectivity index (χ0) is 9.07. The van der Waals surface area contributed by atoms with E-state index in [0.29, 0.717) is 6.42 Å². The Morgan fingerprint density at radius 3 is 2.42 bits per heavy atom. The highest BCUT2D eigenvalue weighted by Crippen LogP contribution is 1.96. The van der Waals surface area contributed by atoms with Gasteiger partial charge in [0.2, 0.25) is 0 Å². The zero-order valence-electron chi connectivity index (χ0n) is 7.83. The molecule has 0 spiro atoms. The van der Waals surface area contributed by atoms with E-state index in [0.717, 1.165) is 32.0 Å². The molecule has 0 radical (unpaired) electrons. The molecule has 0 unspecified atom stereocenters. The van der Waals surface area contributed by atoms with Crippen molar-refractivity contribution in [2.45, 2.75) is 39.0 Å². The molecule has 0 atom stereocenters. The molecule has 0 fully saturated rings. The molecule has 0 aliphatic heterocycles. The van der Waals surface area contributed by atoms with Gasteiger partial charge in [0.1, 0.15) is 6.29 Å². The Balaban J connectivity index is 3.13. The lowest BCUT2D eigenvalue weighted by molar-refractivity contribution is -0.107. The summed E-state index contributed by atoms with van der Waals surface area (Å²) in [7, 11) is 0. The zero-order valence-corrected chi connectivity index (χ0v) is 7.83. The summed E-state index contributed by atoms with van der Waals surface area (Å²) in [5.74, 6) is 0. The van der Waals surface area contributed by atoms with Gasteiger partial charge < -0.3 is 4.79 Å². The van der Waals surface area contributed by atoms with Crippen molar-refractivity contribution in [3.05, 3.63) is 24.3 Å². The molecule has 0 N–H and O–H groups in total. The minimum atomic E-state index is 0.690. The maximum Gasteiger partial charge on any atom is 0.120 e. The Hall–Kier alpha value is -0.850. The van der Waals surface area contributed by atoms with Crippen molar-refractivity contribution < 1.29 is 4.79 Å². The van der Waals surface area contributed by atoms with Crippen LogP contribution in [0, 0.1) is 0 Å². The normalized spacial score (nSPS) is 11.4. The number of aldehydes is 1. The van der Waals surface area contributed by atoms with Gasteiger partial charge in [-0.15, -0.1) is 0 Å². The second-order valence-corrected chi connectivity index (χ2v) is 2.68. The van der Waals surface area contributed by atoms with Crippen molar-refractivity contribution in [1.29, 1.82) is 0 Å². The van der Waals surface area contributed by atoms with Crippen LogP contribution in [0.2, 0.25) is 0 Å². The van der Waals surface area contributed by atoms with Crippen molar-refractivity contribution in [2.24, 2.45) is 0 Å². The molecule has 0 aliphatic rings. The minimum Gasteiger partial charge on any atom is -0.303 e. The molecule has 1 heteroatoms. The predicted octanol–water partition coefficient (Wildman–Crippen LogP) is 3.27. The fourth-order valence-electron chi connectivity index (χ4n) is 0.875. The molecule has 0 rings (SSSR count). The number of unbranched alkanes of at least 4 members (excludes halogenated alkanes) is 2. The number of hydrogen-bond donors (Lipinski definition) is 0. The van der Waals surface area contributed by atoms with Crippen LogP contribution >= 0.6 is 0 Å². The Morgan fingerprint density at radius 2 is 1.75 bits per heavy atom. The van der Waals surface area contributed by atoms with Crippen LogP contribution in [0.5, 0.6) is 0 Å². The van der Waals surface area contributed by atoms with E-state index in [4.69, 9.17) is 0 Å². The van der Waals surface area contributed by atoms with Gasteiger partial charge in [0.25, 0.3) is 0 Å². The smallest absolute Gasteiger partial charge is 0.120 e. The Labute approximate surface area is 75.2 Å². The first-order valence-corrected chi connectivity index (χ1v) is 4.65. The molecule has 0 saturated carbocycles. The molecule has 68 valence electrons. The average Bonchev–Trinajstić information content (AvgIpc) is 2.10. The van der Waals surface area contributed by atoms with Crippen LogP contribution in [0.3, 0.4) is 0 Å². The molecule has 0 heterocycles. The second-order valence-electron chi connectivity index (χ2n) is 2.68. The molecule has 1 nitrogen and oxygen atoms in total. The van der Waals surface area contributed by atoms with E-state index in [1.807, 2.05) is 0 Å². The highest BCUT2D eigenvalue weighted by atomic mass is 16.1. The molecule has 0 bridgehead atoms. The van der Waals surface area contributed by atoms with Gasteiger partial charge in [-0.1, -0.05) is 31.2 Å². The van der Waals surface area contributed by atoms with Crippen molar-refractivity contribution >= 4 is 6.29 Å². The summed E-state index contributed by atoms with van der Waals surface area (Å²) in [4.78, 5) is 9.94. The van der Waals surface area contributed by atoms with Gasteiger partial charge in [-0.3, -0.25) is 0 Å². The van der Waals surface area contributed by atoms with Gasteiger partial charge in [-0.2, -0.15) is 0 Å². The lowest BCUT2D eigenvalue weighted by Gasteiger charge is -1.86. The Morgan fingerprint density at radius 1 is 1.00 bits per heavy atom. The van der Waals surface area contributed by atoms with Gasteiger partial charge >= 0.3 is 0 Å². The summed E-state index contributed by atoms with van der Waals surface area (Å²) in [5.41, 5.74) is 0. The van der Waals surface area contributed by atoms with E-state index >= 15 is 0 Å². The SMILES string of the molecule is CCC=CCC=CCCCC=O. The predicted molar refractivity (Wildman–Crippen MR) is 53.1 cm³/mol. The number of rotatable bonds is 7. The van der Waals surface area contributed by atoms with E-state index < -0.39 is 0 Å². The van der Waals surface area contributed by atoms with Crippen molar-refractivity contribution in [2.75, 3.05) is 0 Å². The first-order valence-electron chi connectivity index (χ1n) is 4.65. The highest BCUT2D eigenvalue weighted by molar-refractivity contribution is 5.48. The standard InChI is InChI=1S/C11H18O/c1-2-3-4-5-6-7-8-9-10-11-12/h3-4,6-7,11H,2,5,8-10H2,1H3. The Bertz CT molecular complexity index is 145. The summed E-state index contributed by atoms with van der Waals surface area (Å²) in [6, 6.07) is 0. The van der Waals surface area contributed by atoms with E-state index in [1.54, 1.807) is 0 Å². The number of carbonyl (C=O) groups is 1. The molecule has 0 aliphatic carbocycles. The van der Waals surface area contributed by atoms with Gasteiger partial charge in [0.15, 0.2) is 0 Å². The molecule has 0 amide bonds. The summed E-state index contributed by atoms with van der Waals surface area (Å²) < 4.78 is 0. The van der Waals surface area contributed by atoms with Crippen molar-refractivity contribution in [3.8, 4) is 0 Å². The van der Waals surface area contributed by atoms with E-state index in [-0.39, 0.29) is 0 Å². The molecule has 0 aromatic carbocycles. The monoisotopic (exact) mass is 166 g/mol. The van der Waals surface area contributed by atoms with Crippen LogP contribution in [0.1, 0.15) is 39.0 Å². The first kappa shape index (κ1) is 11.2. The highest BCUT2D eigenvalue weighted by Gasteiger charge is 1.80. The van der Waals surface area contributed by atoms with Gasteiger partial charge in [-0.25, -0.2) is 0 Å². The van der Waals surface area contributed by atoms with Gasteiger partial charge in [0.05, 0.1) is 0 Å². The quantitative estimate of drug-likeness (QED) is 0.322. The first-order chi connectivity index (χ1) is 5.91. The van der Waals surface area contributed by atoms with Crippen molar-refractivity contribution in [3.63, 3.8) is 0 Å². The molecule has 0 aromatic heterocycles. The van der Waals surface area contributed by atoms with Crippen LogP contribution in [0.15, 0.2) is 24.3 Å². The summed E-state index contributed by atoms with van der Waals surface area (Å²) in [6.07, 6.45) is 14.4. The third-order valence-electron chi connectivity index (χ3n) is 1.53. The van der Waals surface area contributed by atoms with Crippen LogP contribution < -0.4 is 0 Å². The third-order valence-corrected chi connectivity index (χ3v) is 1.53. The third kappa shape index (κ3) is 9.15. The lowest BCUT2D eigenvalue weighted by Crippen LogP contribution is -1.73. The Kier molecular flexibility index (Phi) is 9.43. The molecule has 12 heavy (non-hydrogen) atoms. The summed E-state index contributed by atoms with van der Waals surface area (Å²) >= 11 is 0. The van der Waals surface area contributed by atoms with Crippen LogP contribution in [0.25, 0.3) is 0 Å². The number of hydrogen-bond acceptors (Lipinski definition) is 1. The van der Waals surface area contributed by atoms with E-state index in [2.05, 4.69) is 31.2 Å². The maximum absolute atomic E-state index is 9.94. The molecule has 0 aromatic rings. The number of allylic oxidation sites excluding steroid dienone is 4. The van der Waals surface area contributed by atoms with Gasteiger partial charge in [0, 0.05) is 6.42 Å². The molecular weight excluding hydrogens is 148 g/mol. The summed E-state index contributed by atoms with van der Waals surface area (Å²) in [5, 5.41) is 0. The van der Waals surface area contributed by atoms with Crippen LogP contribution in [-0.4, -0.2) is 6.29 Å². The summed E-state index contributed by atoms with van der Waals surface area (Å²) in [6.45, 7) is 2.13. The fourth-order valence-corrected chi connectivity index (χ4v) is 0.875. The topological polar surface area (TPSA) is 17.1 Å². The van der Waals surface area contributed by atoms with Crippen LogP contribution in [-0.2, 0) is 4.79 Å². The molecular formula is C11H18O. The van der Waals surface area contributed by atoms with Crippen molar-refractivity contribution in [1.82, 2.24) is 0 Å². The number of carbonyl (C=O) groups excluding carboxylic acids is 1. The van der Waals surface area contributed by atoms with E-state index in [1.165, 1.54) is 0 Å². The largest absolute Gasteiger partial charge is 0.303 e. The molecule has 0 saturated heterocycles. The minimum absolute atomic E-state index is 0.690. The van der Waals surface area contributed by atoms with Gasteiger partial charge in [-0.05, 0) is 25.7 Å².